The smallest absolute Gasteiger partial charge is 0.338 e. The fraction of sp³-hybridized carbons (Fsp3) is 0.125. The van der Waals surface area contributed by atoms with Gasteiger partial charge in [0, 0.05) is 16.3 Å². The molecule has 0 fully saturated rings. The van der Waals surface area contributed by atoms with Crippen molar-refractivity contribution in [2.24, 2.45) is 4.40 Å². The molecule has 0 spiro atoms. The Bertz CT molecular complexity index is 908. The van der Waals surface area contributed by atoms with Crippen LogP contribution < -0.4 is 0 Å². The minimum absolute atomic E-state index is 0.146. The molecular weight excluding hydrogens is 370 g/mol. The van der Waals surface area contributed by atoms with Crippen LogP contribution in [-0.2, 0) is 14.8 Å². The maximum absolute atomic E-state index is 11.9. The first-order chi connectivity index (χ1) is 11.5. The van der Waals surface area contributed by atoms with Crippen molar-refractivity contribution in [1.82, 2.24) is 0 Å². The summed E-state index contributed by atoms with van der Waals surface area (Å²) in [6, 6.07) is 13.1. The van der Waals surface area contributed by atoms with Gasteiger partial charge in [0.1, 0.15) is 11.7 Å². The van der Waals surface area contributed by atoms with E-state index in [2.05, 4.69) is 4.40 Å². The second kappa shape index (κ2) is 6.96. The summed E-state index contributed by atoms with van der Waals surface area (Å²) in [4.78, 5) is 12.1. The van der Waals surface area contributed by atoms with Gasteiger partial charge in [0.25, 0.3) is 10.0 Å². The molecule has 124 valence electrons. The lowest BCUT2D eigenvalue weighted by molar-refractivity contribution is 0.0530. The maximum atomic E-state index is 11.9. The van der Waals surface area contributed by atoms with Gasteiger partial charge in [-0.15, -0.1) is 11.8 Å². The number of carbonyl (C=O) groups is 1. The van der Waals surface area contributed by atoms with Gasteiger partial charge in [-0.3, -0.25) is 0 Å². The van der Waals surface area contributed by atoms with E-state index in [-0.39, 0.29) is 11.5 Å². The first-order valence-electron chi connectivity index (χ1n) is 6.97. The van der Waals surface area contributed by atoms with Crippen LogP contribution in [-0.4, -0.2) is 31.8 Å². The number of carbonyl (C=O) groups excluding carboxylic acids is 1. The number of benzene rings is 2. The van der Waals surface area contributed by atoms with E-state index in [0.29, 0.717) is 26.9 Å². The summed E-state index contributed by atoms with van der Waals surface area (Å²) in [5.41, 5.74) is 1.00. The molecule has 0 atom stereocenters. The van der Waals surface area contributed by atoms with Crippen molar-refractivity contribution in [3.8, 4) is 0 Å². The molecule has 2 aromatic rings. The molecule has 1 aliphatic rings. The van der Waals surface area contributed by atoms with Crippen LogP contribution >= 0.6 is 23.4 Å². The topological polar surface area (TPSA) is 72.8 Å². The van der Waals surface area contributed by atoms with Crippen LogP contribution in [0.1, 0.15) is 15.9 Å². The predicted octanol–water partition coefficient (Wildman–Crippen LogP) is 3.38. The number of hydrogen-bond donors (Lipinski definition) is 0. The molecule has 0 aromatic heterocycles. The van der Waals surface area contributed by atoms with Crippen molar-refractivity contribution in [1.29, 1.82) is 0 Å². The summed E-state index contributed by atoms with van der Waals surface area (Å²) < 4.78 is 32.8. The molecular formula is C16H12ClNO4S2. The molecule has 1 aliphatic heterocycles. The van der Waals surface area contributed by atoms with Gasteiger partial charge in [0.05, 0.1) is 10.5 Å². The highest BCUT2D eigenvalue weighted by atomic mass is 35.5. The van der Waals surface area contributed by atoms with E-state index in [1.54, 1.807) is 42.5 Å². The standard InChI is InChI=1S/C16H12ClNO4S2/c17-12-7-5-11(6-8-12)16(19)22-9-10-23-15-13-3-1-2-4-14(13)24(20,21)18-15/h1-8H,9-10H2. The Morgan fingerprint density at radius 1 is 1.12 bits per heavy atom. The maximum Gasteiger partial charge on any atom is 0.338 e. The molecule has 0 unspecified atom stereocenters. The average Bonchev–Trinajstić information content (AvgIpc) is 2.83. The molecule has 0 N–H and O–H groups in total. The van der Waals surface area contributed by atoms with E-state index in [4.69, 9.17) is 16.3 Å². The quantitative estimate of drug-likeness (QED) is 0.599. The number of rotatable bonds is 4. The van der Waals surface area contributed by atoms with Gasteiger partial charge >= 0.3 is 5.97 Å². The van der Waals surface area contributed by atoms with Gasteiger partial charge in [-0.1, -0.05) is 29.8 Å². The molecule has 0 saturated heterocycles. The Balaban J connectivity index is 1.56. The number of ether oxygens (including phenoxy) is 1. The van der Waals surface area contributed by atoms with Crippen LogP contribution in [0.3, 0.4) is 0 Å². The van der Waals surface area contributed by atoms with Gasteiger partial charge < -0.3 is 4.74 Å². The normalized spacial score (nSPS) is 14.8. The second-order valence-electron chi connectivity index (χ2n) is 4.86. The zero-order valence-corrected chi connectivity index (χ0v) is 14.7. The van der Waals surface area contributed by atoms with Crippen molar-refractivity contribution in [2.45, 2.75) is 4.90 Å². The Morgan fingerprint density at radius 3 is 2.58 bits per heavy atom. The van der Waals surface area contributed by atoms with Crippen LogP contribution in [0.15, 0.2) is 57.8 Å². The molecule has 5 nitrogen and oxygen atoms in total. The number of sulfonamides is 1. The second-order valence-corrected chi connectivity index (χ2v) is 7.95. The van der Waals surface area contributed by atoms with Crippen LogP contribution in [0, 0.1) is 0 Å². The van der Waals surface area contributed by atoms with Crippen LogP contribution in [0.5, 0.6) is 0 Å². The van der Waals surface area contributed by atoms with E-state index in [1.165, 1.54) is 17.8 Å². The molecule has 1 heterocycles. The lowest BCUT2D eigenvalue weighted by Crippen LogP contribution is -2.08. The number of thioether (sulfide) groups is 1. The lowest BCUT2D eigenvalue weighted by atomic mass is 10.2. The molecule has 0 saturated carbocycles. The fourth-order valence-electron chi connectivity index (χ4n) is 2.12. The summed E-state index contributed by atoms with van der Waals surface area (Å²) in [6.45, 7) is 0.146. The molecule has 0 bridgehead atoms. The minimum Gasteiger partial charge on any atom is -0.461 e. The number of esters is 1. The third-order valence-electron chi connectivity index (χ3n) is 3.23. The zero-order chi connectivity index (χ0) is 17.2. The summed E-state index contributed by atoms with van der Waals surface area (Å²) in [5, 5.41) is 0.967. The lowest BCUT2D eigenvalue weighted by Gasteiger charge is -2.05. The highest BCUT2D eigenvalue weighted by Gasteiger charge is 2.28. The highest BCUT2D eigenvalue weighted by molar-refractivity contribution is 8.15. The minimum atomic E-state index is -3.61. The van der Waals surface area contributed by atoms with Crippen molar-refractivity contribution in [2.75, 3.05) is 12.4 Å². The van der Waals surface area contributed by atoms with Gasteiger partial charge in [0.15, 0.2) is 0 Å². The molecule has 3 rings (SSSR count). The highest BCUT2D eigenvalue weighted by Crippen LogP contribution is 2.30. The summed E-state index contributed by atoms with van der Waals surface area (Å²) >= 11 is 7.00. The number of nitrogens with zero attached hydrogens (tertiary/aromatic N) is 1. The number of fused-ring (bicyclic) bond motifs is 1. The number of hydrogen-bond acceptors (Lipinski definition) is 5. The van der Waals surface area contributed by atoms with E-state index < -0.39 is 16.0 Å². The van der Waals surface area contributed by atoms with Gasteiger partial charge in [-0.25, -0.2) is 4.79 Å². The van der Waals surface area contributed by atoms with Gasteiger partial charge in [0.2, 0.25) is 0 Å². The molecule has 2 aromatic carbocycles. The number of halogens is 1. The largest absolute Gasteiger partial charge is 0.461 e. The van der Waals surface area contributed by atoms with Crippen molar-refractivity contribution < 1.29 is 17.9 Å². The fourth-order valence-corrected chi connectivity index (χ4v) is 4.62. The molecule has 0 radical (unpaired) electrons. The van der Waals surface area contributed by atoms with E-state index >= 15 is 0 Å². The van der Waals surface area contributed by atoms with Gasteiger partial charge in [-0.05, 0) is 30.3 Å². The summed E-state index contributed by atoms with van der Waals surface area (Å²) in [6.07, 6.45) is 0. The van der Waals surface area contributed by atoms with Crippen LogP contribution in [0.25, 0.3) is 0 Å². The molecule has 8 heteroatoms. The Hall–Kier alpha value is -1.83. The average molecular weight is 382 g/mol. The Kier molecular flexibility index (Phi) is 4.93. The van der Waals surface area contributed by atoms with E-state index in [9.17, 15) is 13.2 Å². The van der Waals surface area contributed by atoms with E-state index in [0.717, 1.165) is 0 Å². The predicted molar refractivity (Wildman–Crippen MR) is 94.4 cm³/mol. The van der Waals surface area contributed by atoms with Crippen LogP contribution in [0.2, 0.25) is 5.02 Å². The first-order valence-corrected chi connectivity index (χ1v) is 9.77. The molecule has 24 heavy (non-hydrogen) atoms. The third kappa shape index (κ3) is 3.63. The first kappa shape index (κ1) is 17.0. The third-order valence-corrected chi connectivity index (χ3v) is 5.89. The van der Waals surface area contributed by atoms with E-state index in [1.807, 2.05) is 0 Å². The van der Waals surface area contributed by atoms with Crippen molar-refractivity contribution in [3.63, 3.8) is 0 Å². The Labute approximate surface area is 148 Å². The van der Waals surface area contributed by atoms with Crippen molar-refractivity contribution >= 4 is 44.4 Å². The van der Waals surface area contributed by atoms with Crippen molar-refractivity contribution in [3.05, 3.63) is 64.7 Å². The monoisotopic (exact) mass is 381 g/mol. The van der Waals surface area contributed by atoms with Crippen LogP contribution in [0.4, 0.5) is 0 Å². The van der Waals surface area contributed by atoms with Gasteiger partial charge in [-0.2, -0.15) is 12.8 Å². The molecule has 0 aliphatic carbocycles. The summed E-state index contributed by atoms with van der Waals surface area (Å²) in [7, 11) is -3.61. The Morgan fingerprint density at radius 2 is 1.83 bits per heavy atom. The SMILES string of the molecule is O=C(OCCSC1=NS(=O)(=O)c2ccccc21)c1ccc(Cl)cc1. The summed E-state index contributed by atoms with van der Waals surface area (Å²) in [5.74, 6) is -0.0455. The zero-order valence-electron chi connectivity index (χ0n) is 12.3. The molecule has 0 amide bonds.